The summed E-state index contributed by atoms with van der Waals surface area (Å²) in [5.74, 6) is 0. The van der Waals surface area contributed by atoms with Crippen molar-refractivity contribution in [1.29, 1.82) is 5.26 Å². The average Bonchev–Trinajstić information content (AvgIpc) is 2.38. The SMILES string of the molecule is Cc1cc(S(=O)(=O)NC2(C)CCOCC2)ccc1C#N. The largest absolute Gasteiger partial charge is 0.381 e. The molecule has 6 heteroatoms. The van der Waals surface area contributed by atoms with Crippen molar-refractivity contribution in [2.75, 3.05) is 13.2 Å². The van der Waals surface area contributed by atoms with Gasteiger partial charge in [0.2, 0.25) is 10.0 Å². The van der Waals surface area contributed by atoms with E-state index in [1.807, 2.05) is 13.0 Å². The summed E-state index contributed by atoms with van der Waals surface area (Å²) in [4.78, 5) is 0.196. The monoisotopic (exact) mass is 294 g/mol. The zero-order valence-corrected chi connectivity index (χ0v) is 12.5. The van der Waals surface area contributed by atoms with Crippen molar-refractivity contribution >= 4 is 10.0 Å². The van der Waals surface area contributed by atoms with Crippen molar-refractivity contribution in [3.05, 3.63) is 29.3 Å². The molecule has 0 aliphatic carbocycles. The molecule has 1 aliphatic rings. The predicted octanol–water partition coefficient (Wildman–Crippen LogP) is 1.71. The van der Waals surface area contributed by atoms with Gasteiger partial charge in [0.15, 0.2) is 0 Å². The highest BCUT2D eigenvalue weighted by Crippen LogP contribution is 2.23. The van der Waals surface area contributed by atoms with E-state index >= 15 is 0 Å². The summed E-state index contributed by atoms with van der Waals surface area (Å²) < 4.78 is 32.9. The quantitative estimate of drug-likeness (QED) is 0.920. The first-order valence-corrected chi connectivity index (χ1v) is 7.97. The van der Waals surface area contributed by atoms with E-state index < -0.39 is 15.6 Å². The van der Waals surface area contributed by atoms with Gasteiger partial charge in [-0.25, -0.2) is 13.1 Å². The average molecular weight is 294 g/mol. The Morgan fingerprint density at radius 1 is 1.35 bits per heavy atom. The van der Waals surface area contributed by atoms with Crippen LogP contribution in [-0.2, 0) is 14.8 Å². The molecule has 0 bridgehead atoms. The minimum atomic E-state index is -3.58. The van der Waals surface area contributed by atoms with E-state index in [9.17, 15) is 8.42 Å². The Morgan fingerprint density at radius 3 is 2.55 bits per heavy atom. The highest BCUT2D eigenvalue weighted by atomic mass is 32.2. The van der Waals surface area contributed by atoms with Gasteiger partial charge in [-0.3, -0.25) is 0 Å². The number of nitriles is 1. The molecule has 1 aromatic rings. The first kappa shape index (κ1) is 15.0. The number of ether oxygens (including phenoxy) is 1. The summed E-state index contributed by atoms with van der Waals surface area (Å²) in [6.07, 6.45) is 1.31. The van der Waals surface area contributed by atoms with Crippen LogP contribution in [-0.4, -0.2) is 27.2 Å². The fraction of sp³-hybridized carbons (Fsp3) is 0.500. The van der Waals surface area contributed by atoms with Gasteiger partial charge >= 0.3 is 0 Å². The first-order valence-electron chi connectivity index (χ1n) is 6.49. The molecule has 0 atom stereocenters. The molecular formula is C14H18N2O3S. The Balaban J connectivity index is 2.26. The van der Waals surface area contributed by atoms with E-state index in [0.717, 1.165) is 0 Å². The standard InChI is InChI=1S/C14H18N2O3S/c1-11-9-13(4-3-12(11)10-15)20(17,18)16-14(2)5-7-19-8-6-14/h3-4,9,16H,5-8H2,1-2H3. The summed E-state index contributed by atoms with van der Waals surface area (Å²) >= 11 is 0. The van der Waals surface area contributed by atoms with Gasteiger partial charge < -0.3 is 4.74 Å². The number of nitrogens with one attached hydrogen (secondary N) is 1. The lowest BCUT2D eigenvalue weighted by Crippen LogP contribution is -2.49. The number of rotatable bonds is 3. The van der Waals surface area contributed by atoms with Crippen LogP contribution in [0, 0.1) is 18.3 Å². The maximum absolute atomic E-state index is 12.4. The number of hydrogen-bond acceptors (Lipinski definition) is 4. The predicted molar refractivity (Wildman–Crippen MR) is 74.7 cm³/mol. The van der Waals surface area contributed by atoms with Crippen molar-refractivity contribution in [2.45, 2.75) is 37.1 Å². The van der Waals surface area contributed by atoms with Crippen molar-refractivity contribution in [1.82, 2.24) is 4.72 Å². The molecule has 0 radical (unpaired) electrons. The fourth-order valence-corrected chi connectivity index (χ4v) is 3.79. The molecule has 2 rings (SSSR count). The topological polar surface area (TPSA) is 79.2 Å². The second kappa shape index (κ2) is 5.52. The molecule has 0 spiro atoms. The van der Waals surface area contributed by atoms with Crippen molar-refractivity contribution in [3.8, 4) is 6.07 Å². The lowest BCUT2D eigenvalue weighted by molar-refractivity contribution is 0.0537. The summed E-state index contributed by atoms with van der Waals surface area (Å²) in [6, 6.07) is 6.57. The normalized spacial score (nSPS) is 18.4. The molecule has 0 unspecified atom stereocenters. The summed E-state index contributed by atoms with van der Waals surface area (Å²) in [5.41, 5.74) is 0.674. The van der Waals surface area contributed by atoms with Crippen LogP contribution in [0.5, 0.6) is 0 Å². The number of sulfonamides is 1. The van der Waals surface area contributed by atoms with Crippen LogP contribution >= 0.6 is 0 Å². The molecule has 20 heavy (non-hydrogen) atoms. The highest BCUT2D eigenvalue weighted by molar-refractivity contribution is 7.89. The van der Waals surface area contributed by atoms with Crippen LogP contribution in [0.3, 0.4) is 0 Å². The minimum absolute atomic E-state index is 0.196. The molecule has 5 nitrogen and oxygen atoms in total. The number of aryl methyl sites for hydroxylation is 1. The van der Waals surface area contributed by atoms with Gasteiger partial charge in [0.25, 0.3) is 0 Å². The molecule has 1 aromatic carbocycles. The Kier molecular flexibility index (Phi) is 4.14. The summed E-state index contributed by atoms with van der Waals surface area (Å²) in [5, 5.41) is 8.89. The molecule has 1 N–H and O–H groups in total. The van der Waals surface area contributed by atoms with Crippen molar-refractivity contribution < 1.29 is 13.2 Å². The molecule has 1 heterocycles. The lowest BCUT2D eigenvalue weighted by Gasteiger charge is -2.34. The molecule has 108 valence electrons. The van der Waals surface area contributed by atoms with E-state index in [1.54, 1.807) is 6.92 Å². The Bertz CT molecular complexity index is 641. The zero-order valence-electron chi connectivity index (χ0n) is 11.6. The smallest absolute Gasteiger partial charge is 0.241 e. The molecule has 1 saturated heterocycles. The minimum Gasteiger partial charge on any atom is -0.381 e. The molecule has 0 aromatic heterocycles. The molecular weight excluding hydrogens is 276 g/mol. The van der Waals surface area contributed by atoms with Gasteiger partial charge in [-0.05, 0) is 50.5 Å². The Morgan fingerprint density at radius 2 is 2.00 bits per heavy atom. The maximum Gasteiger partial charge on any atom is 0.241 e. The van der Waals surface area contributed by atoms with Crippen LogP contribution < -0.4 is 4.72 Å². The van der Waals surface area contributed by atoms with E-state index in [1.165, 1.54) is 18.2 Å². The second-order valence-corrected chi connectivity index (χ2v) is 7.05. The Hall–Kier alpha value is -1.42. The highest BCUT2D eigenvalue weighted by Gasteiger charge is 2.32. The van der Waals surface area contributed by atoms with Crippen LogP contribution in [0.2, 0.25) is 0 Å². The second-order valence-electron chi connectivity index (χ2n) is 5.37. The van der Waals surface area contributed by atoms with Crippen molar-refractivity contribution in [3.63, 3.8) is 0 Å². The maximum atomic E-state index is 12.4. The Labute approximate surface area is 119 Å². The van der Waals surface area contributed by atoms with Gasteiger partial charge in [-0.1, -0.05) is 0 Å². The van der Waals surface area contributed by atoms with Gasteiger partial charge in [0.1, 0.15) is 0 Å². The fourth-order valence-electron chi connectivity index (χ4n) is 2.24. The first-order chi connectivity index (χ1) is 9.36. The van der Waals surface area contributed by atoms with Crippen molar-refractivity contribution in [2.24, 2.45) is 0 Å². The third-order valence-electron chi connectivity index (χ3n) is 3.61. The summed E-state index contributed by atoms with van der Waals surface area (Å²) in [7, 11) is -3.58. The van der Waals surface area contributed by atoms with E-state index in [4.69, 9.17) is 10.00 Å². The third-order valence-corrected chi connectivity index (χ3v) is 5.24. The van der Waals surface area contributed by atoms with Gasteiger partial charge in [0.05, 0.1) is 16.5 Å². The molecule has 0 amide bonds. The number of hydrogen-bond donors (Lipinski definition) is 1. The van der Waals surface area contributed by atoms with Gasteiger partial charge in [-0.2, -0.15) is 5.26 Å². The summed E-state index contributed by atoms with van der Waals surface area (Å²) in [6.45, 7) is 4.74. The molecule has 1 fully saturated rings. The van der Waals surface area contributed by atoms with Gasteiger partial charge in [0, 0.05) is 18.8 Å². The van der Waals surface area contributed by atoms with Gasteiger partial charge in [-0.15, -0.1) is 0 Å². The lowest BCUT2D eigenvalue weighted by atomic mass is 9.94. The van der Waals surface area contributed by atoms with E-state index in [0.29, 0.717) is 37.2 Å². The van der Waals surface area contributed by atoms with E-state index in [2.05, 4.69) is 4.72 Å². The van der Waals surface area contributed by atoms with E-state index in [-0.39, 0.29) is 4.90 Å². The molecule has 1 aliphatic heterocycles. The number of benzene rings is 1. The van der Waals surface area contributed by atoms with Crippen LogP contribution in [0.4, 0.5) is 0 Å². The van der Waals surface area contributed by atoms with Crippen LogP contribution in [0.25, 0.3) is 0 Å². The number of nitrogens with zero attached hydrogens (tertiary/aromatic N) is 1. The zero-order chi connectivity index (χ0) is 14.8. The van der Waals surface area contributed by atoms with Crippen LogP contribution in [0.15, 0.2) is 23.1 Å². The third kappa shape index (κ3) is 3.18. The molecule has 0 saturated carbocycles. The van der Waals surface area contributed by atoms with Crippen LogP contribution in [0.1, 0.15) is 30.9 Å².